The quantitative estimate of drug-likeness (QED) is 0.922. The highest BCUT2D eigenvalue weighted by atomic mass is 16.2. The topological polar surface area (TPSA) is 35.6 Å². The van der Waals surface area contributed by atoms with Crippen molar-refractivity contribution in [3.63, 3.8) is 0 Å². The van der Waals surface area contributed by atoms with Gasteiger partial charge in [0, 0.05) is 51.4 Å². The number of hydrogen-bond acceptors (Lipinski definition) is 3. The van der Waals surface area contributed by atoms with Gasteiger partial charge in [0.2, 0.25) is 5.91 Å². The first kappa shape index (κ1) is 17.3. The van der Waals surface area contributed by atoms with Crippen LogP contribution < -0.4 is 10.2 Å². The first-order valence-corrected chi connectivity index (χ1v) is 9.46. The van der Waals surface area contributed by atoms with E-state index in [-0.39, 0.29) is 5.91 Å². The van der Waals surface area contributed by atoms with Crippen molar-refractivity contribution in [2.75, 3.05) is 31.1 Å². The number of nitrogens with zero attached hydrogens (tertiary/aromatic N) is 2. The molecule has 1 aromatic rings. The molecule has 0 spiro atoms. The minimum Gasteiger partial charge on any atom is -0.372 e. The Bertz CT molecular complexity index is 536. The number of benzene rings is 1. The molecule has 0 aromatic heterocycles. The predicted octanol–water partition coefficient (Wildman–Crippen LogP) is 3.02. The van der Waals surface area contributed by atoms with Gasteiger partial charge in [-0.3, -0.25) is 4.79 Å². The lowest BCUT2D eigenvalue weighted by atomic mass is 9.93. The van der Waals surface area contributed by atoms with Gasteiger partial charge in [0.1, 0.15) is 0 Å². The van der Waals surface area contributed by atoms with E-state index >= 15 is 0 Å². The fraction of sp³-hybridized carbons (Fsp3) is 0.650. The summed E-state index contributed by atoms with van der Waals surface area (Å²) in [5.74, 6) is 0.712. The number of piperidine rings is 2. The standard InChI is InChI=1S/C20H31N3O/c1-16-15-23(17(2)24)13-10-20(16)21-14-18-6-8-19(9-7-18)22-11-4-3-5-12-22/h6-9,16,20-21H,3-5,10-15H2,1-2H3. The average molecular weight is 329 g/mol. The molecule has 2 heterocycles. The van der Waals surface area contributed by atoms with E-state index in [4.69, 9.17) is 0 Å². The first-order chi connectivity index (χ1) is 11.6. The van der Waals surface area contributed by atoms with Gasteiger partial charge in [-0.25, -0.2) is 0 Å². The lowest BCUT2D eigenvalue weighted by molar-refractivity contribution is -0.130. The second kappa shape index (κ2) is 8.02. The molecule has 1 N–H and O–H groups in total. The minimum absolute atomic E-state index is 0.202. The molecule has 4 nitrogen and oxygen atoms in total. The highest BCUT2D eigenvalue weighted by Crippen LogP contribution is 2.21. The fourth-order valence-corrected chi connectivity index (χ4v) is 3.96. The lowest BCUT2D eigenvalue weighted by Crippen LogP contribution is -2.49. The maximum Gasteiger partial charge on any atom is 0.219 e. The Balaban J connectivity index is 1.49. The number of carbonyl (C=O) groups excluding carboxylic acids is 1. The summed E-state index contributed by atoms with van der Waals surface area (Å²) in [6.45, 7) is 8.98. The van der Waals surface area contributed by atoms with E-state index in [1.165, 1.54) is 43.6 Å². The number of likely N-dealkylation sites (tertiary alicyclic amines) is 1. The summed E-state index contributed by atoms with van der Waals surface area (Å²) in [5, 5.41) is 3.69. The Morgan fingerprint density at radius 1 is 1.12 bits per heavy atom. The third kappa shape index (κ3) is 4.29. The van der Waals surface area contributed by atoms with Crippen molar-refractivity contribution in [2.45, 2.75) is 52.1 Å². The minimum atomic E-state index is 0.202. The molecule has 3 rings (SSSR count). The van der Waals surface area contributed by atoms with Crippen LogP contribution >= 0.6 is 0 Å². The summed E-state index contributed by atoms with van der Waals surface area (Å²) in [6, 6.07) is 9.55. The van der Waals surface area contributed by atoms with E-state index in [1.54, 1.807) is 6.92 Å². The Kier molecular flexibility index (Phi) is 5.77. The molecule has 0 radical (unpaired) electrons. The molecule has 2 aliphatic rings. The van der Waals surface area contributed by atoms with E-state index in [0.717, 1.165) is 26.1 Å². The molecule has 2 aliphatic heterocycles. The SMILES string of the molecule is CC(=O)N1CCC(NCc2ccc(N3CCCCC3)cc2)C(C)C1. The molecule has 2 atom stereocenters. The molecule has 2 saturated heterocycles. The highest BCUT2D eigenvalue weighted by Gasteiger charge is 2.26. The van der Waals surface area contributed by atoms with Crippen molar-refractivity contribution in [2.24, 2.45) is 5.92 Å². The molecule has 2 fully saturated rings. The van der Waals surface area contributed by atoms with Gasteiger partial charge >= 0.3 is 0 Å². The van der Waals surface area contributed by atoms with Crippen LogP contribution in [0.4, 0.5) is 5.69 Å². The summed E-state index contributed by atoms with van der Waals surface area (Å²) in [7, 11) is 0. The third-order valence-corrected chi connectivity index (χ3v) is 5.58. The van der Waals surface area contributed by atoms with Gasteiger partial charge in [0.05, 0.1) is 0 Å². The number of rotatable bonds is 4. The normalized spacial score (nSPS) is 24.9. The van der Waals surface area contributed by atoms with Crippen LogP contribution in [0.3, 0.4) is 0 Å². The van der Waals surface area contributed by atoms with Crippen LogP contribution in [-0.2, 0) is 11.3 Å². The number of hydrogen-bond donors (Lipinski definition) is 1. The van der Waals surface area contributed by atoms with Crippen molar-refractivity contribution in [1.82, 2.24) is 10.2 Å². The van der Waals surface area contributed by atoms with Gasteiger partial charge in [0.15, 0.2) is 0 Å². The zero-order valence-corrected chi connectivity index (χ0v) is 15.1. The molecule has 24 heavy (non-hydrogen) atoms. The van der Waals surface area contributed by atoms with Crippen LogP contribution in [0.25, 0.3) is 0 Å². The average Bonchev–Trinajstić information content (AvgIpc) is 2.62. The summed E-state index contributed by atoms with van der Waals surface area (Å²) in [4.78, 5) is 16.0. The van der Waals surface area contributed by atoms with Gasteiger partial charge < -0.3 is 15.1 Å². The van der Waals surface area contributed by atoms with Crippen LogP contribution in [0, 0.1) is 5.92 Å². The number of anilines is 1. The molecular formula is C20H31N3O. The summed E-state index contributed by atoms with van der Waals surface area (Å²) in [6.07, 6.45) is 5.06. The van der Waals surface area contributed by atoms with Crippen molar-refractivity contribution in [3.05, 3.63) is 29.8 Å². The second-order valence-corrected chi connectivity index (χ2v) is 7.43. The van der Waals surface area contributed by atoms with Crippen molar-refractivity contribution in [3.8, 4) is 0 Å². The number of amides is 1. The second-order valence-electron chi connectivity index (χ2n) is 7.43. The molecule has 2 unspecified atom stereocenters. The summed E-state index contributed by atoms with van der Waals surface area (Å²) < 4.78 is 0. The molecule has 1 amide bonds. The fourth-order valence-electron chi connectivity index (χ4n) is 3.96. The van der Waals surface area contributed by atoms with E-state index in [1.807, 2.05) is 4.90 Å². The van der Waals surface area contributed by atoms with Crippen molar-refractivity contribution in [1.29, 1.82) is 0 Å². The van der Waals surface area contributed by atoms with Gasteiger partial charge in [-0.15, -0.1) is 0 Å². The zero-order chi connectivity index (χ0) is 16.9. The molecule has 132 valence electrons. The molecule has 0 aliphatic carbocycles. The monoisotopic (exact) mass is 329 g/mol. The van der Waals surface area contributed by atoms with E-state index in [9.17, 15) is 4.79 Å². The van der Waals surface area contributed by atoms with E-state index in [0.29, 0.717) is 12.0 Å². The van der Waals surface area contributed by atoms with E-state index in [2.05, 4.69) is 41.4 Å². The predicted molar refractivity (Wildman–Crippen MR) is 99.2 cm³/mol. The molecule has 1 aromatic carbocycles. The van der Waals surface area contributed by atoms with Crippen LogP contribution in [0.5, 0.6) is 0 Å². The van der Waals surface area contributed by atoms with Gasteiger partial charge in [0.25, 0.3) is 0 Å². The summed E-state index contributed by atoms with van der Waals surface area (Å²) >= 11 is 0. The summed E-state index contributed by atoms with van der Waals surface area (Å²) in [5.41, 5.74) is 2.71. The van der Waals surface area contributed by atoms with Crippen molar-refractivity contribution < 1.29 is 4.79 Å². The Labute approximate surface area is 146 Å². The van der Waals surface area contributed by atoms with Crippen LogP contribution in [0.15, 0.2) is 24.3 Å². The lowest BCUT2D eigenvalue weighted by Gasteiger charge is -2.37. The molecule has 0 bridgehead atoms. The van der Waals surface area contributed by atoms with Gasteiger partial charge in [-0.1, -0.05) is 19.1 Å². The van der Waals surface area contributed by atoms with Gasteiger partial charge in [-0.05, 0) is 49.3 Å². The van der Waals surface area contributed by atoms with Crippen LogP contribution in [0.2, 0.25) is 0 Å². The maximum absolute atomic E-state index is 11.5. The zero-order valence-electron chi connectivity index (χ0n) is 15.1. The van der Waals surface area contributed by atoms with Crippen LogP contribution in [0.1, 0.15) is 45.1 Å². The van der Waals surface area contributed by atoms with Gasteiger partial charge in [-0.2, -0.15) is 0 Å². The largest absolute Gasteiger partial charge is 0.372 e. The maximum atomic E-state index is 11.5. The third-order valence-electron chi connectivity index (χ3n) is 5.58. The smallest absolute Gasteiger partial charge is 0.219 e. The number of nitrogens with one attached hydrogen (secondary N) is 1. The molecular weight excluding hydrogens is 298 g/mol. The number of carbonyl (C=O) groups is 1. The highest BCUT2D eigenvalue weighted by molar-refractivity contribution is 5.73. The molecule has 4 heteroatoms. The van der Waals surface area contributed by atoms with Crippen LogP contribution in [-0.4, -0.2) is 43.0 Å². The Hall–Kier alpha value is -1.55. The Morgan fingerprint density at radius 2 is 1.83 bits per heavy atom. The first-order valence-electron chi connectivity index (χ1n) is 9.46. The molecule has 0 saturated carbocycles. The van der Waals surface area contributed by atoms with Crippen molar-refractivity contribution >= 4 is 11.6 Å². The Morgan fingerprint density at radius 3 is 2.46 bits per heavy atom. The van der Waals surface area contributed by atoms with E-state index < -0.39 is 0 Å².